The van der Waals surface area contributed by atoms with Gasteiger partial charge in [-0.25, -0.2) is 0 Å². The van der Waals surface area contributed by atoms with E-state index in [4.69, 9.17) is 36.7 Å². The number of hydrogen-bond donors (Lipinski definition) is 0. The number of benzene rings is 2. The Morgan fingerprint density at radius 1 is 0.577 bits per heavy atom. The molecule has 4 aliphatic rings. The maximum atomic E-state index is 15.2. The Balaban J connectivity index is 1.35. The molecule has 4 fully saturated rings. The van der Waals surface area contributed by atoms with Crippen LogP contribution in [0.4, 0.5) is 0 Å². The van der Waals surface area contributed by atoms with Crippen LogP contribution in [0.2, 0.25) is 20.2 Å². The summed E-state index contributed by atoms with van der Waals surface area (Å²) in [6, 6.07) is 20.1. The quantitative estimate of drug-likeness (QED) is 0.246. The maximum absolute atomic E-state index is 15.2. The van der Waals surface area contributed by atoms with Crippen molar-refractivity contribution < 1.29 is 40.9 Å². The molecule has 2 aromatic rings. The minimum atomic E-state index is -2.91. The average molecular weight is 775 g/mol. The number of rotatable bonds is 8. The molecule has 4 heterocycles. The van der Waals surface area contributed by atoms with Crippen molar-refractivity contribution in [1.82, 2.24) is 0 Å². The summed E-state index contributed by atoms with van der Waals surface area (Å²) in [6.07, 6.45) is -3.11. The van der Waals surface area contributed by atoms with Gasteiger partial charge in [0.05, 0.1) is 37.2 Å². The second-order valence-electron chi connectivity index (χ2n) is 19.0. The van der Waals surface area contributed by atoms with Crippen LogP contribution < -0.4 is 0 Å². The Kier molecular flexibility index (Phi) is 11.4. The molecule has 9 nitrogen and oxygen atoms in total. The molecule has 0 N–H and O–H groups in total. The highest BCUT2D eigenvalue weighted by Gasteiger charge is 2.68. The lowest BCUT2D eigenvalue weighted by atomic mass is 10.1. The number of hydrogen-bond acceptors (Lipinski definition) is 9. The summed E-state index contributed by atoms with van der Waals surface area (Å²) in [5.74, 6) is 0. The zero-order valence-electron chi connectivity index (χ0n) is 33.3. The third-order valence-electron chi connectivity index (χ3n) is 11.0. The van der Waals surface area contributed by atoms with Crippen LogP contribution in [-0.4, -0.2) is 82.0 Å². The molecule has 0 spiro atoms. The molecular formula is C40H62O9SSi2. The summed E-state index contributed by atoms with van der Waals surface area (Å²) in [5.41, 5.74) is 0.323. The summed E-state index contributed by atoms with van der Waals surface area (Å²) < 4.78 is 70.2. The van der Waals surface area contributed by atoms with E-state index in [9.17, 15) is 0 Å². The van der Waals surface area contributed by atoms with Crippen molar-refractivity contribution in [2.75, 3.05) is 13.2 Å². The topological polar surface area (TPSA) is 90.9 Å². The zero-order valence-corrected chi connectivity index (χ0v) is 36.1. The first-order valence-corrected chi connectivity index (χ1v) is 23.7. The summed E-state index contributed by atoms with van der Waals surface area (Å²) in [5, 5.41) is -0.977. The minimum Gasteiger partial charge on any atom is -0.391 e. The van der Waals surface area contributed by atoms with Gasteiger partial charge in [-0.15, -0.1) is 0 Å². The van der Waals surface area contributed by atoms with Crippen LogP contribution in [0.15, 0.2) is 60.7 Å². The Morgan fingerprint density at radius 3 is 1.21 bits per heavy atom. The molecule has 0 unspecified atom stereocenters. The molecule has 12 heteroatoms. The van der Waals surface area contributed by atoms with E-state index in [1.807, 2.05) is 60.7 Å². The molecule has 52 heavy (non-hydrogen) atoms. The van der Waals surface area contributed by atoms with Crippen LogP contribution in [0, 0.1) is 0 Å². The fourth-order valence-corrected chi connectivity index (χ4v) is 20.7. The summed E-state index contributed by atoms with van der Waals surface area (Å²) in [6.45, 7) is 27.7. The molecule has 4 aliphatic heterocycles. The highest BCUT2D eigenvalue weighted by atomic mass is 32.2. The molecular weight excluding hydrogens is 713 g/mol. The van der Waals surface area contributed by atoms with Crippen molar-refractivity contribution in [3.63, 3.8) is 0 Å². The Bertz CT molecular complexity index is 1390. The van der Waals surface area contributed by atoms with Crippen LogP contribution in [0.25, 0.3) is 0 Å². The smallest absolute Gasteiger partial charge is 0.349 e. The SMILES string of the molecule is CC(C)(C)[Si]1(C(C)(C)C)OC[C@H]2O[C@H](S(=O)[C@H]3O[C@@H]4CO[Si](C(C)(C)C)(C(C)(C)C)O[C@H]4[C@@H]3OCc3ccccc3)[C@@H](OCc3ccccc3)[C@@H]2O1. The molecule has 6 rings (SSSR count). The van der Waals surface area contributed by atoms with Crippen LogP contribution in [0.5, 0.6) is 0 Å². The standard InChI is InChI=1S/C40H62O9SSi2/c1-37(2,3)51(38(4,5)6)44-25-29-31(48-51)33(42-23-27-19-15-13-16-20-27)35(46-29)50(41)36-34(43-24-28-21-17-14-18-22-28)32-30(47-36)26-45-52(49-32,39(7,8)9)40(10,11)12/h13-22,29-36H,23-26H2,1-12H3/t29-,30-,31-,32-,33+,34+,35-,36-/m1/s1. The van der Waals surface area contributed by atoms with Crippen LogP contribution in [0.1, 0.15) is 94.2 Å². The molecule has 0 bridgehead atoms. The van der Waals surface area contributed by atoms with Gasteiger partial charge in [-0.1, -0.05) is 144 Å². The molecule has 0 aromatic heterocycles. The Morgan fingerprint density at radius 2 is 0.904 bits per heavy atom. The number of ether oxygens (including phenoxy) is 4. The fourth-order valence-electron chi connectivity index (χ4n) is 9.00. The largest absolute Gasteiger partial charge is 0.391 e. The first kappa shape index (κ1) is 40.4. The van der Waals surface area contributed by atoms with Crippen LogP contribution in [0.3, 0.4) is 0 Å². The highest BCUT2D eigenvalue weighted by molar-refractivity contribution is 7.86. The second kappa shape index (κ2) is 14.7. The Hall–Kier alpha value is -1.30. The molecule has 0 amide bonds. The molecule has 4 saturated heterocycles. The fraction of sp³-hybridized carbons (Fsp3) is 0.700. The van der Waals surface area contributed by atoms with Gasteiger partial charge in [0.25, 0.3) is 0 Å². The molecule has 290 valence electrons. The van der Waals surface area contributed by atoms with Crippen molar-refractivity contribution in [1.29, 1.82) is 0 Å². The van der Waals surface area contributed by atoms with Gasteiger partial charge in [-0.3, -0.25) is 4.21 Å². The Labute approximate surface area is 316 Å². The zero-order chi connectivity index (χ0) is 37.9. The van der Waals surface area contributed by atoms with Gasteiger partial charge in [0.15, 0.2) is 10.9 Å². The number of fused-ring (bicyclic) bond motifs is 2. The van der Waals surface area contributed by atoms with Gasteiger partial charge in [0, 0.05) is 20.2 Å². The normalized spacial score (nSPS) is 32.1. The van der Waals surface area contributed by atoms with Gasteiger partial charge >= 0.3 is 17.1 Å². The maximum Gasteiger partial charge on any atom is 0.349 e. The molecule has 2 aromatic carbocycles. The van der Waals surface area contributed by atoms with Gasteiger partial charge in [0.1, 0.15) is 36.6 Å². The highest BCUT2D eigenvalue weighted by Crippen LogP contribution is 2.57. The van der Waals surface area contributed by atoms with E-state index in [2.05, 4.69) is 83.1 Å². The van der Waals surface area contributed by atoms with E-state index < -0.39 is 75.4 Å². The first-order chi connectivity index (χ1) is 24.2. The van der Waals surface area contributed by atoms with Gasteiger partial charge in [0.2, 0.25) is 0 Å². The van der Waals surface area contributed by atoms with Gasteiger partial charge < -0.3 is 36.7 Å². The lowest BCUT2D eigenvalue weighted by molar-refractivity contribution is -0.0800. The monoisotopic (exact) mass is 774 g/mol. The third-order valence-corrected chi connectivity index (χ3v) is 22.9. The lowest BCUT2D eigenvalue weighted by Gasteiger charge is -2.53. The predicted molar refractivity (Wildman–Crippen MR) is 208 cm³/mol. The van der Waals surface area contributed by atoms with E-state index in [1.165, 1.54) is 0 Å². The van der Waals surface area contributed by atoms with Crippen LogP contribution >= 0.6 is 0 Å². The molecule has 8 atom stereocenters. The molecule has 0 aliphatic carbocycles. The van der Waals surface area contributed by atoms with E-state index in [0.29, 0.717) is 26.4 Å². The lowest BCUT2D eigenvalue weighted by Crippen LogP contribution is -2.65. The average Bonchev–Trinajstić information content (AvgIpc) is 3.62. The van der Waals surface area contributed by atoms with Crippen LogP contribution in [-0.2, 0) is 60.7 Å². The van der Waals surface area contributed by atoms with Gasteiger partial charge in [-0.05, 0) is 11.1 Å². The minimum absolute atomic E-state index is 0.244. The van der Waals surface area contributed by atoms with E-state index in [0.717, 1.165) is 11.1 Å². The first-order valence-electron chi connectivity index (χ1n) is 18.8. The van der Waals surface area contributed by atoms with E-state index >= 15 is 4.21 Å². The third kappa shape index (κ3) is 7.36. The second-order valence-corrected chi connectivity index (χ2v) is 30.1. The van der Waals surface area contributed by atoms with Crippen molar-refractivity contribution >= 4 is 27.9 Å². The van der Waals surface area contributed by atoms with Crippen molar-refractivity contribution in [3.8, 4) is 0 Å². The summed E-state index contributed by atoms with van der Waals surface area (Å²) >= 11 is 0. The summed E-state index contributed by atoms with van der Waals surface area (Å²) in [4.78, 5) is 0. The van der Waals surface area contributed by atoms with E-state index in [1.54, 1.807) is 0 Å². The van der Waals surface area contributed by atoms with E-state index in [-0.39, 0.29) is 20.2 Å². The molecule has 0 saturated carbocycles. The predicted octanol–water partition coefficient (Wildman–Crippen LogP) is 8.27. The van der Waals surface area contributed by atoms with Crippen molar-refractivity contribution in [3.05, 3.63) is 71.8 Å². The van der Waals surface area contributed by atoms with Gasteiger partial charge in [-0.2, -0.15) is 0 Å². The van der Waals surface area contributed by atoms with Crippen molar-refractivity contribution in [2.24, 2.45) is 0 Å². The molecule has 0 radical (unpaired) electrons. The van der Waals surface area contributed by atoms with Crippen molar-refractivity contribution in [2.45, 2.75) is 164 Å². The summed E-state index contributed by atoms with van der Waals surface area (Å²) in [7, 11) is -7.56.